The molecule has 0 fully saturated rings. The Labute approximate surface area is 109 Å². The SMILES string of the molecule is CCOC(=O)C(C)(O)c1c(Cl)nnc(Cl)c1C. The molecule has 94 valence electrons. The highest BCUT2D eigenvalue weighted by Crippen LogP contribution is 2.32. The fraction of sp³-hybridized carbons (Fsp3) is 0.500. The van der Waals surface area contributed by atoms with Gasteiger partial charge >= 0.3 is 5.97 Å². The van der Waals surface area contributed by atoms with Crippen LogP contribution in [0, 0.1) is 6.92 Å². The zero-order valence-corrected chi connectivity index (χ0v) is 11.1. The highest BCUT2D eigenvalue weighted by Gasteiger charge is 2.38. The Hall–Kier alpha value is -0.910. The number of nitrogens with zero attached hydrogens (tertiary/aromatic N) is 2. The summed E-state index contributed by atoms with van der Waals surface area (Å²) in [6.45, 7) is 4.65. The number of aliphatic hydroxyl groups is 1. The standard InChI is InChI=1S/C10H12Cl2N2O3/c1-4-17-9(15)10(3,16)6-5(2)7(11)13-14-8(6)12/h16H,4H2,1-3H3. The maximum atomic E-state index is 11.7. The molecule has 0 aliphatic rings. The van der Waals surface area contributed by atoms with E-state index < -0.39 is 11.6 Å². The largest absolute Gasteiger partial charge is 0.464 e. The van der Waals surface area contributed by atoms with Crippen LogP contribution in [-0.4, -0.2) is 27.9 Å². The lowest BCUT2D eigenvalue weighted by Crippen LogP contribution is -2.35. The normalized spacial score (nSPS) is 14.2. The Morgan fingerprint density at radius 1 is 1.41 bits per heavy atom. The van der Waals surface area contributed by atoms with Crippen LogP contribution < -0.4 is 0 Å². The first kappa shape index (κ1) is 14.2. The number of rotatable bonds is 3. The van der Waals surface area contributed by atoms with Gasteiger partial charge in [-0.1, -0.05) is 23.2 Å². The van der Waals surface area contributed by atoms with E-state index in [1.807, 2.05) is 0 Å². The van der Waals surface area contributed by atoms with E-state index >= 15 is 0 Å². The quantitative estimate of drug-likeness (QED) is 0.855. The molecule has 0 aliphatic carbocycles. The summed E-state index contributed by atoms with van der Waals surface area (Å²) in [6, 6.07) is 0. The van der Waals surface area contributed by atoms with Gasteiger partial charge in [0.05, 0.1) is 6.61 Å². The number of carbonyl (C=O) groups is 1. The number of carbonyl (C=O) groups excluding carboxylic acids is 1. The smallest absolute Gasteiger partial charge is 0.342 e. The highest BCUT2D eigenvalue weighted by atomic mass is 35.5. The van der Waals surface area contributed by atoms with Crippen molar-refractivity contribution in [1.82, 2.24) is 10.2 Å². The van der Waals surface area contributed by atoms with E-state index in [4.69, 9.17) is 27.9 Å². The van der Waals surface area contributed by atoms with Crippen LogP contribution in [0.5, 0.6) is 0 Å². The Morgan fingerprint density at radius 3 is 2.47 bits per heavy atom. The van der Waals surface area contributed by atoms with Crippen LogP contribution in [0.2, 0.25) is 10.3 Å². The number of esters is 1. The predicted molar refractivity (Wildman–Crippen MR) is 63.0 cm³/mol. The molecule has 1 aromatic rings. The molecule has 1 unspecified atom stereocenters. The van der Waals surface area contributed by atoms with Crippen molar-refractivity contribution < 1.29 is 14.6 Å². The van der Waals surface area contributed by atoms with Crippen LogP contribution in [-0.2, 0) is 15.1 Å². The van der Waals surface area contributed by atoms with E-state index in [0.29, 0.717) is 5.56 Å². The second-order valence-corrected chi connectivity index (χ2v) is 4.29. The lowest BCUT2D eigenvalue weighted by molar-refractivity contribution is -0.164. The number of hydrogen-bond acceptors (Lipinski definition) is 5. The van der Waals surface area contributed by atoms with Gasteiger partial charge in [-0.3, -0.25) is 0 Å². The van der Waals surface area contributed by atoms with E-state index in [9.17, 15) is 9.90 Å². The lowest BCUT2D eigenvalue weighted by Gasteiger charge is -2.23. The van der Waals surface area contributed by atoms with E-state index in [2.05, 4.69) is 10.2 Å². The van der Waals surface area contributed by atoms with Gasteiger partial charge in [0.2, 0.25) is 0 Å². The van der Waals surface area contributed by atoms with Crippen LogP contribution in [0.3, 0.4) is 0 Å². The summed E-state index contributed by atoms with van der Waals surface area (Å²) >= 11 is 11.6. The Morgan fingerprint density at radius 2 is 1.94 bits per heavy atom. The summed E-state index contributed by atoms with van der Waals surface area (Å²) in [5.41, 5.74) is -1.40. The molecule has 1 N–H and O–H groups in total. The summed E-state index contributed by atoms with van der Waals surface area (Å²) in [5.74, 6) is -0.811. The summed E-state index contributed by atoms with van der Waals surface area (Å²) < 4.78 is 4.77. The molecule has 17 heavy (non-hydrogen) atoms. The second kappa shape index (κ2) is 5.16. The monoisotopic (exact) mass is 278 g/mol. The van der Waals surface area contributed by atoms with Crippen molar-refractivity contribution >= 4 is 29.2 Å². The third-order valence-corrected chi connectivity index (χ3v) is 2.90. The second-order valence-electron chi connectivity index (χ2n) is 3.57. The highest BCUT2D eigenvalue weighted by molar-refractivity contribution is 6.32. The maximum Gasteiger partial charge on any atom is 0.342 e. The molecule has 0 saturated carbocycles. The molecule has 0 saturated heterocycles. The average molecular weight is 279 g/mol. The molecule has 7 heteroatoms. The summed E-state index contributed by atoms with van der Waals surface area (Å²) in [4.78, 5) is 11.7. The van der Waals surface area contributed by atoms with Gasteiger partial charge in [-0.2, -0.15) is 0 Å². The third-order valence-electron chi connectivity index (χ3n) is 2.28. The molecule has 0 spiro atoms. The molecule has 0 aromatic carbocycles. The van der Waals surface area contributed by atoms with Crippen molar-refractivity contribution in [3.8, 4) is 0 Å². The topological polar surface area (TPSA) is 72.3 Å². The number of ether oxygens (including phenoxy) is 1. The Kier molecular flexibility index (Phi) is 4.30. The molecular formula is C10H12Cl2N2O3. The average Bonchev–Trinajstić information content (AvgIpc) is 2.24. The Balaban J connectivity index is 3.32. The van der Waals surface area contributed by atoms with Crippen LogP contribution in [0.1, 0.15) is 25.0 Å². The minimum absolute atomic E-state index is 0.0778. The summed E-state index contributed by atoms with van der Waals surface area (Å²) in [7, 11) is 0. The Bertz CT molecular complexity index is 449. The maximum absolute atomic E-state index is 11.7. The van der Waals surface area contributed by atoms with Crippen LogP contribution >= 0.6 is 23.2 Å². The first-order valence-corrected chi connectivity index (χ1v) is 5.66. The zero-order chi connectivity index (χ0) is 13.2. The van der Waals surface area contributed by atoms with E-state index in [-0.39, 0.29) is 22.5 Å². The molecule has 0 radical (unpaired) electrons. The lowest BCUT2D eigenvalue weighted by atomic mass is 9.94. The minimum Gasteiger partial charge on any atom is -0.464 e. The van der Waals surface area contributed by atoms with Crippen molar-refractivity contribution in [3.63, 3.8) is 0 Å². The molecule has 1 rings (SSSR count). The van der Waals surface area contributed by atoms with Gasteiger partial charge < -0.3 is 9.84 Å². The minimum atomic E-state index is -1.91. The summed E-state index contributed by atoms with van der Waals surface area (Å²) in [6.07, 6.45) is 0. The molecule has 0 aliphatic heterocycles. The van der Waals surface area contributed by atoms with E-state index in [1.165, 1.54) is 6.92 Å². The predicted octanol–water partition coefficient (Wildman–Crippen LogP) is 1.86. The van der Waals surface area contributed by atoms with Gasteiger partial charge in [0.1, 0.15) is 0 Å². The molecule has 1 aromatic heterocycles. The van der Waals surface area contributed by atoms with Crippen molar-refractivity contribution in [1.29, 1.82) is 0 Å². The van der Waals surface area contributed by atoms with E-state index in [1.54, 1.807) is 13.8 Å². The van der Waals surface area contributed by atoms with Crippen molar-refractivity contribution in [2.24, 2.45) is 0 Å². The first-order valence-electron chi connectivity index (χ1n) is 4.90. The van der Waals surface area contributed by atoms with Crippen molar-refractivity contribution in [2.75, 3.05) is 6.61 Å². The van der Waals surface area contributed by atoms with Crippen molar-refractivity contribution in [2.45, 2.75) is 26.4 Å². The molecule has 0 bridgehead atoms. The molecular weight excluding hydrogens is 267 g/mol. The third kappa shape index (κ3) is 2.68. The van der Waals surface area contributed by atoms with Gasteiger partial charge in [0.15, 0.2) is 15.9 Å². The molecule has 1 heterocycles. The van der Waals surface area contributed by atoms with Gasteiger partial charge in [0.25, 0.3) is 0 Å². The zero-order valence-electron chi connectivity index (χ0n) is 9.62. The fourth-order valence-corrected chi connectivity index (χ4v) is 1.91. The summed E-state index contributed by atoms with van der Waals surface area (Å²) in [5, 5.41) is 17.3. The first-order chi connectivity index (χ1) is 7.82. The van der Waals surface area contributed by atoms with Crippen LogP contribution in [0.25, 0.3) is 0 Å². The molecule has 1 atom stereocenters. The molecule has 5 nitrogen and oxygen atoms in total. The van der Waals surface area contributed by atoms with Gasteiger partial charge in [-0.25, -0.2) is 4.79 Å². The molecule has 0 amide bonds. The number of aromatic nitrogens is 2. The van der Waals surface area contributed by atoms with Gasteiger partial charge in [-0.15, -0.1) is 10.2 Å². The van der Waals surface area contributed by atoms with Crippen LogP contribution in [0.4, 0.5) is 0 Å². The van der Waals surface area contributed by atoms with Crippen LogP contribution in [0.15, 0.2) is 0 Å². The van der Waals surface area contributed by atoms with E-state index in [0.717, 1.165) is 0 Å². The van der Waals surface area contributed by atoms with Gasteiger partial charge in [0, 0.05) is 5.56 Å². The van der Waals surface area contributed by atoms with Crippen molar-refractivity contribution in [3.05, 3.63) is 21.4 Å². The van der Waals surface area contributed by atoms with Gasteiger partial charge in [-0.05, 0) is 26.3 Å². The number of hydrogen-bond donors (Lipinski definition) is 1. The fourth-order valence-electron chi connectivity index (χ4n) is 1.41. The number of halogens is 2.